The second-order valence-corrected chi connectivity index (χ2v) is 16.8. The van der Waals surface area contributed by atoms with Crippen molar-refractivity contribution in [2.45, 2.75) is 84.5 Å². The Balaban J connectivity index is 0.783. The fourth-order valence-electron chi connectivity index (χ4n) is 9.87. The van der Waals surface area contributed by atoms with Crippen molar-refractivity contribution in [3.63, 3.8) is 0 Å². The number of carbonyl (C=O) groups is 4. The number of piperazine rings is 1. The Bertz CT molecular complexity index is 2760. The van der Waals surface area contributed by atoms with E-state index in [1.807, 2.05) is 13.0 Å². The van der Waals surface area contributed by atoms with Crippen LogP contribution in [0.2, 0.25) is 0 Å². The summed E-state index contributed by atoms with van der Waals surface area (Å²) in [5.74, 6) is -0.932. The highest BCUT2D eigenvalue weighted by atomic mass is 19.1. The summed E-state index contributed by atoms with van der Waals surface area (Å²) < 4.78 is 33.7. The molecular weight excluding hydrogens is 796 g/mol. The lowest BCUT2D eigenvalue weighted by Crippen LogP contribution is -2.49. The van der Waals surface area contributed by atoms with Crippen LogP contribution in [0.1, 0.15) is 87.4 Å². The van der Waals surface area contributed by atoms with Crippen molar-refractivity contribution in [3.05, 3.63) is 126 Å². The van der Waals surface area contributed by atoms with Gasteiger partial charge in [-0.15, -0.1) is 0 Å². The fourth-order valence-corrected chi connectivity index (χ4v) is 9.87. The minimum Gasteiger partial charge on any atom is -0.460 e. The van der Waals surface area contributed by atoms with E-state index in [2.05, 4.69) is 28.4 Å². The lowest BCUT2D eigenvalue weighted by atomic mass is 9.81. The number of amides is 3. The maximum atomic E-state index is 15.3. The predicted octanol–water partition coefficient (Wildman–Crippen LogP) is 6.13. The van der Waals surface area contributed by atoms with E-state index >= 15 is 4.39 Å². The van der Waals surface area contributed by atoms with E-state index in [1.165, 1.54) is 22.8 Å². The van der Waals surface area contributed by atoms with Crippen molar-refractivity contribution in [2.75, 3.05) is 26.2 Å². The molecule has 318 valence electrons. The van der Waals surface area contributed by atoms with Crippen LogP contribution in [-0.2, 0) is 64.9 Å². The first-order valence-electron chi connectivity index (χ1n) is 21.2. The highest BCUT2D eigenvalue weighted by Gasteiger charge is 2.38. The number of aryl methyl sites for hydroxylation is 1. The number of hydrogen-bond donors (Lipinski definition) is 1. The fraction of sp³-hybridized carbons (Fsp3) is 0.362. The summed E-state index contributed by atoms with van der Waals surface area (Å²) >= 11 is 0. The van der Waals surface area contributed by atoms with Gasteiger partial charge < -0.3 is 33.9 Å². The molecule has 2 unspecified atom stereocenters. The van der Waals surface area contributed by atoms with E-state index in [9.17, 15) is 24.0 Å². The zero-order chi connectivity index (χ0) is 42.8. The summed E-state index contributed by atoms with van der Waals surface area (Å²) in [5.41, 5.74) is 9.51. The van der Waals surface area contributed by atoms with Gasteiger partial charge in [-0.2, -0.15) is 0 Å². The summed E-state index contributed by atoms with van der Waals surface area (Å²) in [6, 6.07) is 15.9. The standard InChI is InChI=1S/C47H45FN6O8/c1-3-32-34-17-40-43-35(22-54(40)44(56)36(34)24-60-45(32)57)42-38(11-10-33-26(2)37(48)18-39(49-43)41(33)42)50-46(58)61-23-27-5-8-31(9-6-27)62-47(59)53-14-12-51(13-15-53)19-28-4-7-29-20-52(25-55)21-30(29)16-28/h4-9,16-18,25,32,38H,3,10-15,19-24H2,1-2H3,(H,50,58). The highest BCUT2D eigenvalue weighted by molar-refractivity contribution is 5.93. The molecule has 6 heterocycles. The Morgan fingerprint density at radius 2 is 1.73 bits per heavy atom. The van der Waals surface area contributed by atoms with Crippen LogP contribution < -0.4 is 15.6 Å². The molecule has 1 N–H and O–H groups in total. The number of pyridine rings is 2. The van der Waals surface area contributed by atoms with Crippen LogP contribution in [0.4, 0.5) is 14.0 Å². The number of benzene rings is 3. The third-order valence-electron chi connectivity index (χ3n) is 13.2. The minimum atomic E-state index is -0.643. The molecule has 62 heavy (non-hydrogen) atoms. The smallest absolute Gasteiger partial charge is 0.415 e. The van der Waals surface area contributed by atoms with E-state index in [0.717, 1.165) is 35.0 Å². The maximum absolute atomic E-state index is 15.3. The number of cyclic esters (lactones) is 1. The second-order valence-electron chi connectivity index (χ2n) is 16.8. The molecule has 1 fully saturated rings. The maximum Gasteiger partial charge on any atom is 0.415 e. The van der Waals surface area contributed by atoms with Gasteiger partial charge in [-0.05, 0) is 88.9 Å². The number of nitrogens with one attached hydrogen (secondary N) is 1. The topological polar surface area (TPSA) is 153 Å². The van der Waals surface area contributed by atoms with Gasteiger partial charge in [-0.25, -0.2) is 19.0 Å². The van der Waals surface area contributed by atoms with E-state index in [4.69, 9.17) is 19.2 Å². The van der Waals surface area contributed by atoms with Crippen LogP contribution in [0.5, 0.6) is 5.75 Å². The van der Waals surface area contributed by atoms with Crippen molar-refractivity contribution in [2.24, 2.45) is 0 Å². The quantitative estimate of drug-likeness (QED) is 0.140. The van der Waals surface area contributed by atoms with Crippen molar-refractivity contribution in [3.8, 4) is 17.1 Å². The zero-order valence-corrected chi connectivity index (χ0v) is 34.5. The molecular formula is C47H45FN6O8. The van der Waals surface area contributed by atoms with Gasteiger partial charge >= 0.3 is 18.2 Å². The number of aromatic nitrogens is 2. The summed E-state index contributed by atoms with van der Waals surface area (Å²) in [5, 5.41) is 3.82. The zero-order valence-electron chi connectivity index (χ0n) is 34.5. The largest absolute Gasteiger partial charge is 0.460 e. The van der Waals surface area contributed by atoms with Gasteiger partial charge in [-0.3, -0.25) is 19.3 Å². The average molecular weight is 841 g/mol. The van der Waals surface area contributed by atoms with E-state index in [0.29, 0.717) is 103 Å². The minimum absolute atomic E-state index is 0.0369. The molecule has 5 aliphatic rings. The van der Waals surface area contributed by atoms with Gasteiger partial charge in [0.05, 0.1) is 41.0 Å². The molecule has 10 rings (SSSR count). The van der Waals surface area contributed by atoms with Gasteiger partial charge in [0.25, 0.3) is 5.56 Å². The molecule has 14 nitrogen and oxygen atoms in total. The molecule has 5 aromatic rings. The number of halogens is 1. The molecule has 1 aliphatic carbocycles. The molecule has 0 bridgehead atoms. The van der Waals surface area contributed by atoms with Crippen molar-refractivity contribution < 1.29 is 37.8 Å². The Labute approximate surface area is 356 Å². The number of carbonyl (C=O) groups excluding carboxylic acids is 4. The highest BCUT2D eigenvalue weighted by Crippen LogP contribution is 2.45. The Morgan fingerprint density at radius 3 is 2.50 bits per heavy atom. The van der Waals surface area contributed by atoms with Gasteiger partial charge in [-0.1, -0.05) is 37.3 Å². The average Bonchev–Trinajstić information content (AvgIpc) is 3.87. The molecule has 0 spiro atoms. The van der Waals surface area contributed by atoms with Crippen LogP contribution >= 0.6 is 0 Å². The number of ether oxygens (including phenoxy) is 3. The van der Waals surface area contributed by atoms with Crippen molar-refractivity contribution in [1.82, 2.24) is 29.6 Å². The number of esters is 1. The summed E-state index contributed by atoms with van der Waals surface area (Å²) in [6.07, 6.45) is 1.27. The first-order valence-corrected chi connectivity index (χ1v) is 21.2. The molecule has 0 radical (unpaired) electrons. The lowest BCUT2D eigenvalue weighted by Gasteiger charge is -2.34. The molecule has 1 saturated heterocycles. The number of nitrogens with zero attached hydrogens (tertiary/aromatic N) is 5. The first-order chi connectivity index (χ1) is 30.1. The molecule has 15 heteroatoms. The predicted molar refractivity (Wildman–Crippen MR) is 224 cm³/mol. The number of hydrogen-bond acceptors (Lipinski definition) is 10. The number of fused-ring (bicyclic) bond motifs is 6. The lowest BCUT2D eigenvalue weighted by molar-refractivity contribution is -0.148. The van der Waals surface area contributed by atoms with E-state index in [-0.39, 0.29) is 37.1 Å². The Morgan fingerprint density at radius 1 is 0.952 bits per heavy atom. The van der Waals surface area contributed by atoms with Crippen LogP contribution in [0.3, 0.4) is 0 Å². The van der Waals surface area contributed by atoms with Gasteiger partial charge in [0.2, 0.25) is 6.41 Å². The molecule has 4 aliphatic heterocycles. The molecule has 2 atom stereocenters. The summed E-state index contributed by atoms with van der Waals surface area (Å²) in [7, 11) is 0. The first kappa shape index (κ1) is 39.5. The van der Waals surface area contributed by atoms with E-state index < -0.39 is 24.1 Å². The number of rotatable bonds is 8. The summed E-state index contributed by atoms with van der Waals surface area (Å²) in [4.78, 5) is 74.9. The SMILES string of the molecule is CCC1C(=O)OCc2c1cc1n(c2=O)Cc2c-1nc1cc(F)c(C)c3c1c2C(NC(=O)OCc1ccc(OC(=O)N2CCN(Cc4ccc5c(c4)CN(C=O)C5)CC2)cc1)CC3. The monoisotopic (exact) mass is 840 g/mol. The third-order valence-corrected chi connectivity index (χ3v) is 13.2. The van der Waals surface area contributed by atoms with Gasteiger partial charge in [0, 0.05) is 62.8 Å². The van der Waals surface area contributed by atoms with Gasteiger partial charge in [0.1, 0.15) is 24.8 Å². The molecule has 0 saturated carbocycles. The molecule has 3 amide bonds. The van der Waals surface area contributed by atoms with Crippen LogP contribution in [0.15, 0.2) is 59.4 Å². The Kier molecular flexibility index (Phi) is 10.0. The normalized spacial score (nSPS) is 18.7. The third kappa shape index (κ3) is 6.93. The van der Waals surface area contributed by atoms with Crippen molar-refractivity contribution >= 4 is 35.5 Å². The van der Waals surface area contributed by atoms with Crippen LogP contribution in [0, 0.1) is 12.7 Å². The number of alkyl carbamates (subject to hydrolysis) is 1. The van der Waals surface area contributed by atoms with E-state index in [1.54, 1.807) is 45.6 Å². The van der Waals surface area contributed by atoms with Crippen LogP contribution in [-0.4, -0.2) is 75.0 Å². The van der Waals surface area contributed by atoms with Crippen LogP contribution in [0.25, 0.3) is 22.3 Å². The van der Waals surface area contributed by atoms with Gasteiger partial charge in [0.15, 0.2) is 0 Å². The molecule has 2 aromatic heterocycles. The summed E-state index contributed by atoms with van der Waals surface area (Å²) in [6.45, 7) is 8.23. The second kappa shape index (κ2) is 15.7. The Hall–Kier alpha value is -6.61. The molecule has 3 aromatic carbocycles. The van der Waals surface area contributed by atoms with Crippen molar-refractivity contribution in [1.29, 1.82) is 0 Å².